The van der Waals surface area contributed by atoms with Crippen molar-refractivity contribution in [3.8, 4) is 0 Å². The lowest BCUT2D eigenvalue weighted by atomic mass is 9.87. The van der Waals surface area contributed by atoms with Crippen molar-refractivity contribution in [3.05, 3.63) is 35.9 Å². The lowest BCUT2D eigenvalue weighted by Crippen LogP contribution is -2.58. The lowest BCUT2D eigenvalue weighted by molar-refractivity contribution is 0.0572. The average Bonchev–Trinajstić information content (AvgIpc) is 2.43. The molecule has 1 heterocycles. The van der Waals surface area contributed by atoms with Crippen LogP contribution in [0.15, 0.2) is 30.3 Å². The molecule has 0 radical (unpaired) electrons. The summed E-state index contributed by atoms with van der Waals surface area (Å²) in [6.07, 6.45) is 2.62. The Labute approximate surface area is 118 Å². The Balaban J connectivity index is 2.15. The van der Waals surface area contributed by atoms with Crippen molar-refractivity contribution in [2.24, 2.45) is 5.92 Å². The summed E-state index contributed by atoms with van der Waals surface area (Å²) >= 11 is 0. The van der Waals surface area contributed by atoms with Crippen LogP contribution in [0, 0.1) is 5.92 Å². The number of nitrogens with one attached hydrogen (secondary N) is 1. The molecule has 1 aromatic rings. The molecule has 1 saturated heterocycles. The zero-order chi connectivity index (χ0) is 13.7. The normalized spacial score (nSPS) is 26.3. The third-order valence-corrected chi connectivity index (χ3v) is 4.43. The number of nitrogens with zero attached hydrogens (tertiary/aromatic N) is 1. The standard InChI is InChI=1S/C17H28N2/c1-4-8-15(2)13-19-12-11-18-14-17(19,3)16-9-6-5-7-10-16/h5-7,9-10,15,18H,4,8,11-14H2,1-3H3. The molecule has 2 atom stereocenters. The molecule has 2 nitrogen and oxygen atoms in total. The van der Waals surface area contributed by atoms with Gasteiger partial charge in [0.15, 0.2) is 0 Å². The molecule has 1 aromatic carbocycles. The summed E-state index contributed by atoms with van der Waals surface area (Å²) in [5.74, 6) is 0.783. The van der Waals surface area contributed by atoms with E-state index in [1.807, 2.05) is 0 Å². The van der Waals surface area contributed by atoms with E-state index < -0.39 is 0 Å². The molecule has 1 aliphatic heterocycles. The maximum atomic E-state index is 3.57. The molecule has 0 aliphatic carbocycles. The molecule has 106 valence electrons. The van der Waals surface area contributed by atoms with Gasteiger partial charge < -0.3 is 5.32 Å². The topological polar surface area (TPSA) is 15.3 Å². The lowest BCUT2D eigenvalue weighted by Gasteiger charge is -2.46. The summed E-state index contributed by atoms with van der Waals surface area (Å²) in [6, 6.07) is 11.0. The first-order chi connectivity index (χ1) is 9.16. The van der Waals surface area contributed by atoms with Crippen molar-refractivity contribution in [2.45, 2.75) is 39.2 Å². The van der Waals surface area contributed by atoms with Gasteiger partial charge in [-0.15, -0.1) is 0 Å². The molecule has 1 N–H and O–H groups in total. The highest BCUT2D eigenvalue weighted by atomic mass is 15.3. The van der Waals surface area contributed by atoms with Gasteiger partial charge in [-0.05, 0) is 24.8 Å². The van der Waals surface area contributed by atoms with Crippen LogP contribution in [0.5, 0.6) is 0 Å². The third kappa shape index (κ3) is 3.37. The van der Waals surface area contributed by atoms with Crippen LogP contribution in [0.3, 0.4) is 0 Å². The van der Waals surface area contributed by atoms with Crippen LogP contribution in [0.4, 0.5) is 0 Å². The zero-order valence-corrected chi connectivity index (χ0v) is 12.7. The highest BCUT2D eigenvalue weighted by Crippen LogP contribution is 2.30. The molecule has 0 saturated carbocycles. The summed E-state index contributed by atoms with van der Waals surface area (Å²) in [5.41, 5.74) is 1.58. The van der Waals surface area contributed by atoms with Gasteiger partial charge in [-0.25, -0.2) is 0 Å². The predicted octanol–water partition coefficient (Wildman–Crippen LogP) is 3.24. The first kappa shape index (κ1) is 14.5. The van der Waals surface area contributed by atoms with E-state index in [0.717, 1.165) is 25.6 Å². The highest BCUT2D eigenvalue weighted by Gasteiger charge is 2.36. The molecular formula is C17H28N2. The Morgan fingerprint density at radius 2 is 2.05 bits per heavy atom. The van der Waals surface area contributed by atoms with Crippen LogP contribution >= 0.6 is 0 Å². The maximum Gasteiger partial charge on any atom is 0.0557 e. The van der Waals surface area contributed by atoms with E-state index in [2.05, 4.69) is 61.3 Å². The van der Waals surface area contributed by atoms with Crippen LogP contribution < -0.4 is 5.32 Å². The van der Waals surface area contributed by atoms with Crippen LogP contribution in [-0.2, 0) is 5.54 Å². The summed E-state index contributed by atoms with van der Waals surface area (Å²) < 4.78 is 0. The molecule has 2 unspecified atom stereocenters. The predicted molar refractivity (Wildman–Crippen MR) is 82.3 cm³/mol. The van der Waals surface area contributed by atoms with E-state index in [0.29, 0.717) is 0 Å². The first-order valence-corrected chi connectivity index (χ1v) is 7.68. The Hall–Kier alpha value is -0.860. The van der Waals surface area contributed by atoms with Gasteiger partial charge in [-0.1, -0.05) is 50.6 Å². The van der Waals surface area contributed by atoms with Gasteiger partial charge in [0.05, 0.1) is 5.54 Å². The Morgan fingerprint density at radius 3 is 2.74 bits per heavy atom. The smallest absolute Gasteiger partial charge is 0.0557 e. The SMILES string of the molecule is CCCC(C)CN1CCNCC1(C)c1ccccc1. The summed E-state index contributed by atoms with van der Waals surface area (Å²) in [7, 11) is 0. The van der Waals surface area contributed by atoms with E-state index in [1.54, 1.807) is 0 Å². The van der Waals surface area contributed by atoms with Gasteiger partial charge >= 0.3 is 0 Å². The summed E-state index contributed by atoms with van der Waals surface area (Å²) in [6.45, 7) is 11.6. The molecule has 1 aliphatic rings. The number of hydrogen-bond acceptors (Lipinski definition) is 2. The van der Waals surface area contributed by atoms with Crippen molar-refractivity contribution >= 4 is 0 Å². The van der Waals surface area contributed by atoms with E-state index >= 15 is 0 Å². The van der Waals surface area contributed by atoms with Crippen LogP contribution in [0.25, 0.3) is 0 Å². The zero-order valence-electron chi connectivity index (χ0n) is 12.7. The minimum absolute atomic E-state index is 0.140. The monoisotopic (exact) mass is 260 g/mol. The van der Waals surface area contributed by atoms with Gasteiger partial charge in [0, 0.05) is 26.2 Å². The van der Waals surface area contributed by atoms with Crippen LogP contribution in [-0.4, -0.2) is 31.1 Å². The number of benzene rings is 1. The van der Waals surface area contributed by atoms with Crippen LogP contribution in [0.2, 0.25) is 0 Å². The number of rotatable bonds is 5. The van der Waals surface area contributed by atoms with E-state index in [9.17, 15) is 0 Å². The largest absolute Gasteiger partial charge is 0.313 e. The quantitative estimate of drug-likeness (QED) is 0.874. The molecule has 0 amide bonds. The molecule has 2 heteroatoms. The summed E-state index contributed by atoms with van der Waals surface area (Å²) in [4.78, 5) is 2.68. The molecule has 19 heavy (non-hydrogen) atoms. The molecule has 0 aromatic heterocycles. The Bertz CT molecular complexity index is 376. The van der Waals surface area contributed by atoms with Gasteiger partial charge in [-0.2, -0.15) is 0 Å². The van der Waals surface area contributed by atoms with Gasteiger partial charge in [-0.3, -0.25) is 4.90 Å². The van der Waals surface area contributed by atoms with Gasteiger partial charge in [0.1, 0.15) is 0 Å². The fourth-order valence-electron chi connectivity index (χ4n) is 3.24. The first-order valence-electron chi connectivity index (χ1n) is 7.68. The second-order valence-electron chi connectivity index (χ2n) is 6.16. The average molecular weight is 260 g/mol. The third-order valence-electron chi connectivity index (χ3n) is 4.43. The second-order valence-corrected chi connectivity index (χ2v) is 6.16. The fraction of sp³-hybridized carbons (Fsp3) is 0.647. The second kappa shape index (κ2) is 6.53. The van der Waals surface area contributed by atoms with Crippen molar-refractivity contribution in [2.75, 3.05) is 26.2 Å². The molecule has 1 fully saturated rings. The summed E-state index contributed by atoms with van der Waals surface area (Å²) in [5, 5.41) is 3.57. The van der Waals surface area contributed by atoms with Crippen molar-refractivity contribution in [3.63, 3.8) is 0 Å². The Morgan fingerprint density at radius 1 is 1.32 bits per heavy atom. The number of hydrogen-bond donors (Lipinski definition) is 1. The van der Waals surface area contributed by atoms with E-state index in [4.69, 9.17) is 0 Å². The van der Waals surface area contributed by atoms with Gasteiger partial charge in [0.2, 0.25) is 0 Å². The van der Waals surface area contributed by atoms with Crippen LogP contribution in [0.1, 0.15) is 39.2 Å². The van der Waals surface area contributed by atoms with Gasteiger partial charge in [0.25, 0.3) is 0 Å². The number of piperazine rings is 1. The van der Waals surface area contributed by atoms with E-state index in [-0.39, 0.29) is 5.54 Å². The molecular weight excluding hydrogens is 232 g/mol. The van der Waals surface area contributed by atoms with Crippen molar-refractivity contribution in [1.82, 2.24) is 10.2 Å². The molecule has 0 bridgehead atoms. The highest BCUT2D eigenvalue weighted by molar-refractivity contribution is 5.25. The van der Waals surface area contributed by atoms with E-state index in [1.165, 1.54) is 24.9 Å². The maximum absolute atomic E-state index is 3.57. The van der Waals surface area contributed by atoms with Crippen molar-refractivity contribution in [1.29, 1.82) is 0 Å². The molecule has 0 spiro atoms. The van der Waals surface area contributed by atoms with Crippen molar-refractivity contribution < 1.29 is 0 Å². The minimum atomic E-state index is 0.140. The fourth-order valence-corrected chi connectivity index (χ4v) is 3.24. The minimum Gasteiger partial charge on any atom is -0.313 e. The Kier molecular flexibility index (Phi) is 5.00. The molecule has 2 rings (SSSR count).